The normalized spacial score (nSPS) is 9.63. The van der Waals surface area contributed by atoms with Crippen LogP contribution in [-0.4, -0.2) is 17.1 Å². The summed E-state index contributed by atoms with van der Waals surface area (Å²) in [7, 11) is 1.59. The third-order valence-corrected chi connectivity index (χ3v) is 4.36. The first-order valence-electron chi connectivity index (χ1n) is 9.46. The molecule has 142 valence electrons. The second-order valence-corrected chi connectivity index (χ2v) is 6.46. The number of hydrogen-bond donors (Lipinski definition) is 0. The minimum atomic E-state index is 0.575. The van der Waals surface area contributed by atoms with Crippen molar-refractivity contribution in [3.8, 4) is 40.8 Å². The fraction of sp³-hybridized carbons (Fsp3) is 0.0370. The molecule has 0 bridgehead atoms. The number of pyridine rings is 2. The molecule has 2 aromatic heterocycles. The van der Waals surface area contributed by atoms with Gasteiger partial charge in [-0.25, -0.2) is 4.98 Å². The lowest BCUT2D eigenvalue weighted by Gasteiger charge is -1.99. The van der Waals surface area contributed by atoms with E-state index >= 15 is 0 Å². The molecule has 4 aromatic rings. The zero-order valence-corrected chi connectivity index (χ0v) is 16.5. The van der Waals surface area contributed by atoms with Crippen LogP contribution >= 0.6 is 0 Å². The summed E-state index contributed by atoms with van der Waals surface area (Å²) in [6.07, 6.45) is 3.49. The highest BCUT2D eigenvalue weighted by Gasteiger charge is 1.97. The smallest absolute Gasteiger partial charge is 0.212 e. The summed E-state index contributed by atoms with van der Waals surface area (Å²) < 4.78 is 5.06. The molecule has 0 aliphatic heterocycles. The molecule has 3 heteroatoms. The van der Waals surface area contributed by atoms with Crippen molar-refractivity contribution in [2.45, 2.75) is 0 Å². The fourth-order valence-electron chi connectivity index (χ4n) is 2.80. The van der Waals surface area contributed by atoms with E-state index in [1.807, 2.05) is 72.8 Å². The highest BCUT2D eigenvalue weighted by atomic mass is 16.5. The summed E-state index contributed by atoms with van der Waals surface area (Å²) in [5.41, 5.74) is 5.64. The quantitative estimate of drug-likeness (QED) is 0.457. The lowest BCUT2D eigenvalue weighted by Crippen LogP contribution is -1.86. The molecule has 0 N–H and O–H groups in total. The first-order valence-corrected chi connectivity index (χ1v) is 9.46. The Labute approximate surface area is 176 Å². The SMILES string of the molecule is COc1ccc(C#Cc2cccc(C#Cc3ccc(-c4ccccn4)cc3)c2)cn1. The van der Waals surface area contributed by atoms with Crippen LogP contribution in [0.2, 0.25) is 0 Å². The number of methoxy groups -OCH3 is 1. The fourth-order valence-corrected chi connectivity index (χ4v) is 2.80. The van der Waals surface area contributed by atoms with Gasteiger partial charge < -0.3 is 4.74 Å². The van der Waals surface area contributed by atoms with Crippen molar-refractivity contribution in [3.05, 3.63) is 114 Å². The van der Waals surface area contributed by atoms with Crippen LogP contribution in [0.3, 0.4) is 0 Å². The predicted molar refractivity (Wildman–Crippen MR) is 119 cm³/mol. The van der Waals surface area contributed by atoms with E-state index in [4.69, 9.17) is 4.74 Å². The Morgan fingerprint density at radius 2 is 1.33 bits per heavy atom. The Kier molecular flexibility index (Phi) is 5.85. The van der Waals surface area contributed by atoms with Gasteiger partial charge in [-0.15, -0.1) is 0 Å². The largest absolute Gasteiger partial charge is 0.481 e. The van der Waals surface area contributed by atoms with Crippen LogP contribution in [0.25, 0.3) is 11.3 Å². The molecule has 0 fully saturated rings. The highest BCUT2D eigenvalue weighted by Crippen LogP contribution is 2.16. The van der Waals surface area contributed by atoms with E-state index in [0.29, 0.717) is 5.88 Å². The molecule has 4 rings (SSSR count). The number of aromatic nitrogens is 2. The van der Waals surface area contributed by atoms with Gasteiger partial charge in [-0.05, 0) is 48.5 Å². The molecule has 0 spiro atoms. The third-order valence-electron chi connectivity index (χ3n) is 4.36. The molecule has 2 aromatic carbocycles. The Bertz CT molecular complexity index is 1250. The summed E-state index contributed by atoms with van der Waals surface area (Å²) in [6.45, 7) is 0. The number of rotatable bonds is 2. The average Bonchev–Trinajstić information content (AvgIpc) is 2.83. The van der Waals surface area contributed by atoms with Gasteiger partial charge in [0.1, 0.15) is 0 Å². The summed E-state index contributed by atoms with van der Waals surface area (Å²) in [4.78, 5) is 8.54. The summed E-state index contributed by atoms with van der Waals surface area (Å²) in [5.74, 6) is 13.3. The molecule has 3 nitrogen and oxygen atoms in total. The van der Waals surface area contributed by atoms with Crippen LogP contribution in [-0.2, 0) is 0 Å². The summed E-state index contributed by atoms with van der Waals surface area (Å²) >= 11 is 0. The Hall–Kier alpha value is -4.34. The van der Waals surface area contributed by atoms with Crippen LogP contribution in [0.4, 0.5) is 0 Å². The molecule has 0 atom stereocenters. The highest BCUT2D eigenvalue weighted by molar-refractivity contribution is 5.60. The van der Waals surface area contributed by atoms with Gasteiger partial charge in [0.25, 0.3) is 0 Å². The minimum absolute atomic E-state index is 0.575. The van der Waals surface area contributed by atoms with Crippen LogP contribution in [0.5, 0.6) is 5.88 Å². The Morgan fingerprint density at radius 1 is 0.633 bits per heavy atom. The lowest BCUT2D eigenvalue weighted by molar-refractivity contribution is 0.398. The second kappa shape index (κ2) is 9.24. The average molecular weight is 386 g/mol. The minimum Gasteiger partial charge on any atom is -0.481 e. The summed E-state index contributed by atoms with van der Waals surface area (Å²) in [6, 6.07) is 25.6. The van der Waals surface area contributed by atoms with Crippen molar-refractivity contribution < 1.29 is 4.74 Å². The van der Waals surface area contributed by atoms with Gasteiger partial charge in [-0.2, -0.15) is 0 Å². The Morgan fingerprint density at radius 3 is 1.97 bits per heavy atom. The number of hydrogen-bond acceptors (Lipinski definition) is 3. The van der Waals surface area contributed by atoms with Gasteiger partial charge in [-0.3, -0.25) is 4.98 Å². The maximum atomic E-state index is 5.06. The zero-order valence-electron chi connectivity index (χ0n) is 16.5. The van der Waals surface area contributed by atoms with Gasteiger partial charge in [0, 0.05) is 46.3 Å². The van der Waals surface area contributed by atoms with E-state index in [1.54, 1.807) is 25.6 Å². The van der Waals surface area contributed by atoms with Crippen molar-refractivity contribution >= 4 is 0 Å². The monoisotopic (exact) mass is 386 g/mol. The van der Waals surface area contributed by atoms with Crippen molar-refractivity contribution in [2.75, 3.05) is 7.11 Å². The van der Waals surface area contributed by atoms with Gasteiger partial charge in [0.05, 0.1) is 12.8 Å². The van der Waals surface area contributed by atoms with Crippen LogP contribution < -0.4 is 4.74 Å². The van der Waals surface area contributed by atoms with Gasteiger partial charge in [0.2, 0.25) is 5.88 Å². The molecule has 0 saturated heterocycles. The topological polar surface area (TPSA) is 35.0 Å². The van der Waals surface area contributed by atoms with Crippen LogP contribution in [0, 0.1) is 23.7 Å². The van der Waals surface area contributed by atoms with Crippen LogP contribution in [0.15, 0.2) is 91.3 Å². The zero-order chi connectivity index (χ0) is 20.6. The number of ether oxygens (including phenoxy) is 1. The molecule has 30 heavy (non-hydrogen) atoms. The molecule has 2 heterocycles. The molecule has 0 aliphatic rings. The van der Waals surface area contributed by atoms with Gasteiger partial charge in [-0.1, -0.05) is 47.9 Å². The van der Waals surface area contributed by atoms with Crippen molar-refractivity contribution in [1.82, 2.24) is 9.97 Å². The molecule has 0 radical (unpaired) electrons. The Balaban J connectivity index is 1.49. The number of nitrogens with zero attached hydrogens (tertiary/aromatic N) is 2. The van der Waals surface area contributed by atoms with E-state index in [9.17, 15) is 0 Å². The van der Waals surface area contributed by atoms with E-state index < -0.39 is 0 Å². The van der Waals surface area contributed by atoms with Crippen molar-refractivity contribution in [1.29, 1.82) is 0 Å². The first kappa shape index (κ1) is 19.0. The molecule has 0 aliphatic carbocycles. The maximum Gasteiger partial charge on any atom is 0.212 e. The predicted octanol–water partition coefficient (Wildman–Crippen LogP) is 4.95. The molecule has 0 unspecified atom stereocenters. The first-order chi connectivity index (χ1) is 14.8. The molecule has 0 amide bonds. The van der Waals surface area contributed by atoms with E-state index in [-0.39, 0.29) is 0 Å². The van der Waals surface area contributed by atoms with E-state index in [2.05, 4.69) is 33.6 Å². The molecular formula is C27H18N2O. The second-order valence-electron chi connectivity index (χ2n) is 6.46. The molecule has 0 saturated carbocycles. The molecular weight excluding hydrogens is 368 g/mol. The van der Waals surface area contributed by atoms with Crippen molar-refractivity contribution in [3.63, 3.8) is 0 Å². The standard InChI is InChI=1S/C27H18N2O/c1-30-27-17-14-24(20-29-27)11-10-23-6-4-5-22(19-23)9-8-21-12-15-25(16-13-21)26-7-2-3-18-28-26/h2-7,12-20H,1H3. The van der Waals surface area contributed by atoms with Crippen LogP contribution in [0.1, 0.15) is 22.3 Å². The van der Waals surface area contributed by atoms with Gasteiger partial charge in [0.15, 0.2) is 0 Å². The van der Waals surface area contributed by atoms with E-state index in [1.165, 1.54) is 0 Å². The van der Waals surface area contributed by atoms with Gasteiger partial charge >= 0.3 is 0 Å². The van der Waals surface area contributed by atoms with E-state index in [0.717, 1.165) is 33.5 Å². The maximum absolute atomic E-state index is 5.06. The van der Waals surface area contributed by atoms with Crippen molar-refractivity contribution in [2.24, 2.45) is 0 Å². The lowest BCUT2D eigenvalue weighted by atomic mass is 10.1. The summed E-state index contributed by atoms with van der Waals surface area (Å²) in [5, 5.41) is 0. The number of benzene rings is 2. The third kappa shape index (κ3) is 4.93.